The van der Waals surface area contributed by atoms with Gasteiger partial charge in [0.25, 0.3) is 0 Å². The molecule has 5 nitrogen and oxygen atoms in total. The van der Waals surface area contributed by atoms with E-state index in [1.165, 1.54) is 31.3 Å². The number of rotatable bonds is 3. The minimum absolute atomic E-state index is 0.0599. The number of oxime groups is 1. The van der Waals surface area contributed by atoms with Gasteiger partial charge in [0, 0.05) is 18.9 Å². The largest absolute Gasteiger partial charge is 0.339 e. The van der Waals surface area contributed by atoms with Gasteiger partial charge in [0.2, 0.25) is 0 Å². The molecule has 5 aliphatic rings. The van der Waals surface area contributed by atoms with E-state index in [1.807, 2.05) is 6.08 Å². The normalized spacial score (nSPS) is 44.2. The number of carbonyl (C=O) groups excluding carboxylic acids is 2. The Morgan fingerprint density at radius 2 is 1.94 bits per heavy atom. The molecule has 1 heterocycles. The molecule has 0 amide bonds. The van der Waals surface area contributed by atoms with Gasteiger partial charge in [0.05, 0.1) is 11.6 Å². The number of allylic oxidation sites excluding steroid dienone is 1. The lowest BCUT2D eigenvalue weighted by molar-refractivity contribution is -0.149. The molecule has 0 radical (unpaired) electrons. The molecule has 4 aliphatic carbocycles. The Labute approximate surface area is 192 Å². The van der Waals surface area contributed by atoms with Crippen LogP contribution in [0, 0.1) is 40.4 Å². The highest BCUT2D eigenvalue weighted by Crippen LogP contribution is 2.66. The minimum Gasteiger partial charge on any atom is -0.318 e. The smallest absolute Gasteiger partial charge is 0.318 e. The van der Waals surface area contributed by atoms with Crippen LogP contribution in [0.5, 0.6) is 0 Å². The van der Waals surface area contributed by atoms with Gasteiger partial charge in [-0.3, -0.25) is 4.79 Å². The third-order valence-corrected chi connectivity index (χ3v) is 10.4. The van der Waals surface area contributed by atoms with Crippen LogP contribution in [0.4, 0.5) is 0 Å². The minimum atomic E-state index is -0.175. The van der Waals surface area contributed by atoms with E-state index in [2.05, 4.69) is 31.2 Å². The van der Waals surface area contributed by atoms with Crippen molar-refractivity contribution in [2.45, 2.75) is 85.0 Å². The van der Waals surface area contributed by atoms with E-state index in [0.29, 0.717) is 30.1 Å². The van der Waals surface area contributed by atoms with Gasteiger partial charge in [-0.1, -0.05) is 24.6 Å². The molecular formula is C27H40N2O3. The number of hydrogen-bond acceptors (Lipinski definition) is 5. The van der Waals surface area contributed by atoms with Crippen molar-refractivity contribution in [2.24, 2.45) is 45.6 Å². The average Bonchev–Trinajstić information content (AvgIpc) is 3.15. The highest BCUT2D eigenvalue weighted by molar-refractivity contribution is 5.91. The van der Waals surface area contributed by atoms with Crippen LogP contribution in [0.2, 0.25) is 0 Å². The molecule has 0 aromatic rings. The van der Waals surface area contributed by atoms with E-state index < -0.39 is 0 Å². The maximum atomic E-state index is 12.5. The van der Waals surface area contributed by atoms with Crippen LogP contribution in [-0.2, 0) is 14.4 Å². The molecule has 0 bridgehead atoms. The summed E-state index contributed by atoms with van der Waals surface area (Å²) >= 11 is 0. The van der Waals surface area contributed by atoms with E-state index in [4.69, 9.17) is 4.84 Å². The second-order valence-corrected chi connectivity index (χ2v) is 11.8. The third-order valence-electron chi connectivity index (χ3n) is 10.4. The topological polar surface area (TPSA) is 67.8 Å². The standard InChI is InChI=1S/C27H40N2O3/c1-17(29-32-25(31)18-5-4-14-28-16-18)22-8-9-23-21-7-6-19-15-20(30)10-12-26(19,2)24(21)11-13-27(22,23)3/h15,18,21-24,28H,4-14,16H2,1-3H3. The first-order valence-corrected chi connectivity index (χ1v) is 13.0. The lowest BCUT2D eigenvalue weighted by atomic mass is 9.46. The fraction of sp³-hybridized carbons (Fsp3) is 0.815. The second-order valence-electron chi connectivity index (χ2n) is 11.8. The van der Waals surface area contributed by atoms with E-state index in [-0.39, 0.29) is 22.7 Å². The Morgan fingerprint density at radius 3 is 2.72 bits per heavy atom. The SMILES string of the molecule is CC(=NOC(=O)C1CCCNC1)C1CCC2C3CCC4=CC(=O)CCC4(C)C3CCC12C. The van der Waals surface area contributed by atoms with Crippen molar-refractivity contribution in [3.05, 3.63) is 11.6 Å². The number of ketones is 1. The first kappa shape index (κ1) is 22.3. The van der Waals surface area contributed by atoms with Crippen LogP contribution in [0.15, 0.2) is 16.8 Å². The molecule has 4 fully saturated rings. The number of hydrogen-bond donors (Lipinski definition) is 1. The van der Waals surface area contributed by atoms with Gasteiger partial charge < -0.3 is 10.2 Å². The van der Waals surface area contributed by atoms with Crippen LogP contribution in [0.1, 0.15) is 85.0 Å². The van der Waals surface area contributed by atoms with Crippen LogP contribution in [0.25, 0.3) is 0 Å². The number of carbonyl (C=O) groups is 2. The lowest BCUT2D eigenvalue weighted by Gasteiger charge is -2.58. The molecule has 176 valence electrons. The van der Waals surface area contributed by atoms with Crippen molar-refractivity contribution < 1.29 is 14.4 Å². The molecule has 1 N–H and O–H groups in total. The second kappa shape index (κ2) is 8.38. The van der Waals surface area contributed by atoms with Crippen molar-refractivity contribution in [1.29, 1.82) is 0 Å². The van der Waals surface area contributed by atoms with Crippen LogP contribution in [0.3, 0.4) is 0 Å². The predicted octanol–water partition coefficient (Wildman–Crippen LogP) is 5.05. The highest BCUT2D eigenvalue weighted by Gasteiger charge is 2.59. The zero-order valence-electron chi connectivity index (χ0n) is 20.1. The van der Waals surface area contributed by atoms with Crippen molar-refractivity contribution in [2.75, 3.05) is 13.1 Å². The summed E-state index contributed by atoms with van der Waals surface area (Å²) in [5.74, 6) is 2.68. The summed E-state index contributed by atoms with van der Waals surface area (Å²) in [6, 6.07) is 0. The first-order chi connectivity index (χ1) is 15.3. The van der Waals surface area contributed by atoms with E-state index in [0.717, 1.165) is 56.7 Å². The van der Waals surface area contributed by atoms with Crippen LogP contribution in [-0.4, -0.2) is 30.6 Å². The Bertz CT molecular complexity index is 842. The maximum Gasteiger partial charge on any atom is 0.339 e. The number of nitrogens with one attached hydrogen (secondary N) is 1. The van der Waals surface area contributed by atoms with Crippen LogP contribution < -0.4 is 5.32 Å². The van der Waals surface area contributed by atoms with Gasteiger partial charge >= 0.3 is 5.97 Å². The molecule has 5 rings (SSSR count). The molecule has 32 heavy (non-hydrogen) atoms. The van der Waals surface area contributed by atoms with Crippen molar-refractivity contribution in [3.63, 3.8) is 0 Å². The van der Waals surface area contributed by atoms with E-state index in [9.17, 15) is 9.59 Å². The fourth-order valence-corrected chi connectivity index (χ4v) is 8.55. The van der Waals surface area contributed by atoms with Crippen molar-refractivity contribution in [1.82, 2.24) is 5.32 Å². The van der Waals surface area contributed by atoms with E-state index in [1.54, 1.807) is 0 Å². The van der Waals surface area contributed by atoms with Crippen molar-refractivity contribution in [3.8, 4) is 0 Å². The Morgan fingerprint density at radius 1 is 1.09 bits per heavy atom. The third kappa shape index (κ3) is 3.59. The van der Waals surface area contributed by atoms with Crippen molar-refractivity contribution >= 4 is 17.5 Å². The molecule has 7 unspecified atom stereocenters. The number of piperidine rings is 1. The average molecular weight is 441 g/mol. The molecule has 0 aromatic heterocycles. The van der Waals surface area contributed by atoms with Crippen LogP contribution >= 0.6 is 0 Å². The molecule has 5 heteroatoms. The predicted molar refractivity (Wildman–Crippen MR) is 125 cm³/mol. The summed E-state index contributed by atoms with van der Waals surface area (Å²) in [7, 11) is 0. The quantitative estimate of drug-likeness (QED) is 0.379. The number of nitrogens with zero attached hydrogens (tertiary/aromatic N) is 1. The van der Waals surface area contributed by atoms with E-state index >= 15 is 0 Å². The summed E-state index contributed by atoms with van der Waals surface area (Å²) < 4.78 is 0. The molecule has 1 saturated heterocycles. The summed E-state index contributed by atoms with van der Waals surface area (Å²) in [5, 5.41) is 7.68. The molecule has 3 saturated carbocycles. The fourth-order valence-electron chi connectivity index (χ4n) is 8.55. The first-order valence-electron chi connectivity index (χ1n) is 13.0. The summed E-state index contributed by atoms with van der Waals surface area (Å²) in [4.78, 5) is 30.0. The maximum absolute atomic E-state index is 12.5. The Balaban J connectivity index is 1.30. The summed E-state index contributed by atoms with van der Waals surface area (Å²) in [6.45, 7) is 8.70. The van der Waals surface area contributed by atoms with Gasteiger partial charge in [0.15, 0.2) is 5.78 Å². The highest BCUT2D eigenvalue weighted by atomic mass is 16.7. The van der Waals surface area contributed by atoms with Gasteiger partial charge in [0.1, 0.15) is 0 Å². The Hall–Kier alpha value is -1.49. The monoisotopic (exact) mass is 440 g/mol. The molecule has 0 spiro atoms. The van der Waals surface area contributed by atoms with Gasteiger partial charge in [-0.05, 0) is 106 Å². The van der Waals surface area contributed by atoms with Gasteiger partial charge in [-0.15, -0.1) is 0 Å². The summed E-state index contributed by atoms with van der Waals surface area (Å²) in [5.41, 5.74) is 2.92. The summed E-state index contributed by atoms with van der Waals surface area (Å²) in [6.07, 6.45) is 12.9. The molecule has 7 atom stereocenters. The van der Waals surface area contributed by atoms with Gasteiger partial charge in [-0.2, -0.15) is 0 Å². The zero-order chi connectivity index (χ0) is 22.5. The number of fused-ring (bicyclic) bond motifs is 5. The van der Waals surface area contributed by atoms with Gasteiger partial charge in [-0.25, -0.2) is 4.79 Å². The Kier molecular flexibility index (Phi) is 5.84. The zero-order valence-corrected chi connectivity index (χ0v) is 20.1. The molecule has 0 aromatic carbocycles. The molecular weight excluding hydrogens is 400 g/mol. The molecule has 1 aliphatic heterocycles. The lowest BCUT2D eigenvalue weighted by Crippen LogP contribution is -2.51.